The molecule has 6 heteroatoms. The summed E-state index contributed by atoms with van der Waals surface area (Å²) in [4.78, 5) is 13.9. The number of aromatic nitrogens is 2. The second-order valence-electron chi connectivity index (χ2n) is 6.76. The van der Waals surface area contributed by atoms with Gasteiger partial charge in [-0.15, -0.1) is 11.8 Å². The fourth-order valence-corrected chi connectivity index (χ4v) is 3.59. The standard InChI is InChI=1S/C24H18F2N2OS/c1-30-21-12-6-18(7-13-21)24-22(17-4-10-20(26)11-5-17)14-23(29)28(27-24)15-16-2-8-19(25)9-3-16/h2-14H,15H2,1H3. The van der Waals surface area contributed by atoms with Crippen molar-refractivity contribution in [2.24, 2.45) is 0 Å². The van der Waals surface area contributed by atoms with Gasteiger partial charge in [0.2, 0.25) is 0 Å². The summed E-state index contributed by atoms with van der Waals surface area (Å²) >= 11 is 1.64. The van der Waals surface area contributed by atoms with Crippen LogP contribution in [-0.4, -0.2) is 16.0 Å². The minimum atomic E-state index is -0.345. The van der Waals surface area contributed by atoms with Crippen molar-refractivity contribution in [1.82, 2.24) is 9.78 Å². The van der Waals surface area contributed by atoms with Crippen molar-refractivity contribution in [3.63, 3.8) is 0 Å². The van der Waals surface area contributed by atoms with Crippen LogP contribution in [0.3, 0.4) is 0 Å². The Kier molecular flexibility index (Phi) is 5.77. The number of halogens is 2. The molecule has 0 saturated heterocycles. The van der Waals surface area contributed by atoms with Crippen LogP contribution in [0.5, 0.6) is 0 Å². The maximum atomic E-state index is 13.4. The SMILES string of the molecule is CSc1ccc(-c2nn(Cc3ccc(F)cc3)c(=O)cc2-c2ccc(F)cc2)cc1. The van der Waals surface area contributed by atoms with Crippen LogP contribution in [-0.2, 0) is 6.54 Å². The fourth-order valence-electron chi connectivity index (χ4n) is 3.18. The quantitative estimate of drug-likeness (QED) is 0.393. The molecule has 150 valence electrons. The fraction of sp³-hybridized carbons (Fsp3) is 0.0833. The van der Waals surface area contributed by atoms with E-state index in [0.29, 0.717) is 16.8 Å². The maximum absolute atomic E-state index is 13.4. The first kappa shape index (κ1) is 20.0. The van der Waals surface area contributed by atoms with Gasteiger partial charge < -0.3 is 0 Å². The van der Waals surface area contributed by atoms with Crippen molar-refractivity contribution in [3.05, 3.63) is 106 Å². The minimum absolute atomic E-state index is 0.221. The largest absolute Gasteiger partial charge is 0.268 e. The van der Waals surface area contributed by atoms with E-state index in [1.54, 1.807) is 36.0 Å². The zero-order valence-electron chi connectivity index (χ0n) is 16.2. The van der Waals surface area contributed by atoms with E-state index >= 15 is 0 Å². The van der Waals surface area contributed by atoms with Crippen LogP contribution in [0.4, 0.5) is 8.78 Å². The van der Waals surface area contributed by atoms with E-state index in [0.717, 1.165) is 16.0 Å². The van der Waals surface area contributed by atoms with E-state index in [2.05, 4.69) is 5.10 Å². The molecule has 0 radical (unpaired) electrons. The summed E-state index contributed by atoms with van der Waals surface area (Å²) in [6, 6.07) is 21.4. The summed E-state index contributed by atoms with van der Waals surface area (Å²) in [6.45, 7) is 0.221. The molecule has 0 amide bonds. The van der Waals surface area contributed by atoms with Gasteiger partial charge in [-0.3, -0.25) is 4.79 Å². The molecule has 1 heterocycles. The van der Waals surface area contributed by atoms with Crippen LogP contribution in [0.15, 0.2) is 88.6 Å². The normalized spacial score (nSPS) is 10.9. The summed E-state index contributed by atoms with van der Waals surface area (Å²) in [5.74, 6) is -0.678. The predicted molar refractivity (Wildman–Crippen MR) is 117 cm³/mol. The third kappa shape index (κ3) is 4.33. The Morgan fingerprint density at radius 2 is 1.40 bits per heavy atom. The number of benzene rings is 3. The molecule has 0 aliphatic rings. The molecule has 0 atom stereocenters. The molecule has 0 aliphatic carbocycles. The van der Waals surface area contributed by atoms with Crippen LogP contribution in [0.25, 0.3) is 22.4 Å². The second kappa shape index (κ2) is 8.63. The zero-order valence-corrected chi connectivity index (χ0v) is 17.0. The van der Waals surface area contributed by atoms with Gasteiger partial charge in [-0.1, -0.05) is 36.4 Å². The van der Waals surface area contributed by atoms with Crippen molar-refractivity contribution >= 4 is 11.8 Å². The second-order valence-corrected chi connectivity index (χ2v) is 7.64. The highest BCUT2D eigenvalue weighted by atomic mass is 32.2. The molecule has 0 fully saturated rings. The predicted octanol–water partition coefficient (Wildman–Crippen LogP) is 5.63. The van der Waals surface area contributed by atoms with Crippen LogP contribution in [0, 0.1) is 11.6 Å². The minimum Gasteiger partial charge on any atom is -0.268 e. The first-order valence-electron chi connectivity index (χ1n) is 9.30. The molecular weight excluding hydrogens is 402 g/mol. The van der Waals surface area contributed by atoms with E-state index in [4.69, 9.17) is 0 Å². The van der Waals surface area contributed by atoms with E-state index in [1.165, 1.54) is 35.0 Å². The van der Waals surface area contributed by atoms with Gasteiger partial charge in [-0.25, -0.2) is 13.5 Å². The highest BCUT2D eigenvalue weighted by Gasteiger charge is 2.14. The Morgan fingerprint density at radius 1 is 0.833 bits per heavy atom. The van der Waals surface area contributed by atoms with Gasteiger partial charge in [0.15, 0.2) is 0 Å². The monoisotopic (exact) mass is 420 g/mol. The van der Waals surface area contributed by atoms with Gasteiger partial charge in [-0.2, -0.15) is 5.10 Å². The van der Waals surface area contributed by atoms with Crippen LogP contribution in [0.2, 0.25) is 0 Å². The lowest BCUT2D eigenvalue weighted by Gasteiger charge is -2.13. The molecule has 3 aromatic carbocycles. The first-order chi connectivity index (χ1) is 14.5. The van der Waals surface area contributed by atoms with Gasteiger partial charge in [0.05, 0.1) is 12.2 Å². The van der Waals surface area contributed by atoms with Crippen molar-refractivity contribution in [2.75, 3.05) is 6.26 Å². The van der Waals surface area contributed by atoms with Gasteiger partial charge in [0.1, 0.15) is 11.6 Å². The topological polar surface area (TPSA) is 34.9 Å². The Labute approximate surface area is 177 Å². The highest BCUT2D eigenvalue weighted by Crippen LogP contribution is 2.30. The third-order valence-corrected chi connectivity index (χ3v) is 5.51. The molecule has 0 unspecified atom stereocenters. The van der Waals surface area contributed by atoms with Gasteiger partial charge in [0, 0.05) is 22.1 Å². The molecule has 3 nitrogen and oxygen atoms in total. The molecule has 0 N–H and O–H groups in total. The number of nitrogens with zero attached hydrogens (tertiary/aromatic N) is 2. The molecule has 4 aromatic rings. The third-order valence-electron chi connectivity index (χ3n) is 4.76. The average Bonchev–Trinajstić information content (AvgIpc) is 2.77. The summed E-state index contributed by atoms with van der Waals surface area (Å²) in [5.41, 5.74) is 3.29. The number of rotatable bonds is 5. The van der Waals surface area contributed by atoms with Gasteiger partial charge >= 0.3 is 0 Å². The highest BCUT2D eigenvalue weighted by molar-refractivity contribution is 7.98. The molecule has 0 bridgehead atoms. The Morgan fingerprint density at radius 3 is 2.00 bits per heavy atom. The smallest absolute Gasteiger partial charge is 0.267 e. The van der Waals surface area contributed by atoms with Crippen LogP contribution < -0.4 is 5.56 Å². The van der Waals surface area contributed by atoms with E-state index in [-0.39, 0.29) is 23.7 Å². The Balaban J connectivity index is 1.84. The molecule has 0 saturated carbocycles. The van der Waals surface area contributed by atoms with Crippen molar-refractivity contribution in [3.8, 4) is 22.4 Å². The molecule has 30 heavy (non-hydrogen) atoms. The van der Waals surface area contributed by atoms with E-state index < -0.39 is 0 Å². The number of thioether (sulfide) groups is 1. The lowest BCUT2D eigenvalue weighted by atomic mass is 10.00. The van der Waals surface area contributed by atoms with Crippen LogP contribution >= 0.6 is 11.8 Å². The summed E-state index contributed by atoms with van der Waals surface area (Å²) in [7, 11) is 0. The van der Waals surface area contributed by atoms with E-state index in [9.17, 15) is 13.6 Å². The molecular formula is C24H18F2N2OS. The van der Waals surface area contributed by atoms with Crippen molar-refractivity contribution < 1.29 is 8.78 Å². The molecule has 0 aliphatic heterocycles. The number of hydrogen-bond donors (Lipinski definition) is 0. The Bertz CT molecular complexity index is 1220. The van der Waals surface area contributed by atoms with Gasteiger partial charge in [-0.05, 0) is 53.8 Å². The van der Waals surface area contributed by atoms with Crippen LogP contribution in [0.1, 0.15) is 5.56 Å². The maximum Gasteiger partial charge on any atom is 0.267 e. The molecule has 1 aromatic heterocycles. The van der Waals surface area contributed by atoms with E-state index in [1.807, 2.05) is 30.5 Å². The average molecular weight is 420 g/mol. The lowest BCUT2D eigenvalue weighted by Crippen LogP contribution is -2.24. The summed E-state index contributed by atoms with van der Waals surface area (Å²) in [6.07, 6.45) is 2.00. The summed E-state index contributed by atoms with van der Waals surface area (Å²) in [5, 5.41) is 4.62. The number of hydrogen-bond acceptors (Lipinski definition) is 3. The van der Waals surface area contributed by atoms with Gasteiger partial charge in [0.25, 0.3) is 5.56 Å². The van der Waals surface area contributed by atoms with Crippen molar-refractivity contribution in [2.45, 2.75) is 11.4 Å². The lowest BCUT2D eigenvalue weighted by molar-refractivity contribution is 0.620. The van der Waals surface area contributed by atoms with Crippen molar-refractivity contribution in [1.29, 1.82) is 0 Å². The molecule has 4 rings (SSSR count). The molecule has 0 spiro atoms. The Hall–Kier alpha value is -3.25. The first-order valence-corrected chi connectivity index (χ1v) is 10.5. The zero-order chi connectivity index (χ0) is 21.1. The summed E-state index contributed by atoms with van der Waals surface area (Å²) < 4.78 is 28.0.